The van der Waals surface area contributed by atoms with Gasteiger partial charge < -0.3 is 19.6 Å². The molecule has 3 heterocycles. The number of hydrogen-bond donors (Lipinski definition) is 2. The van der Waals surface area contributed by atoms with E-state index in [0.29, 0.717) is 5.56 Å². The molecule has 27 heavy (non-hydrogen) atoms. The molecule has 0 spiro atoms. The molecule has 0 radical (unpaired) electrons. The van der Waals surface area contributed by atoms with Crippen LogP contribution in [-0.2, 0) is 9.53 Å². The number of rotatable bonds is 4. The summed E-state index contributed by atoms with van der Waals surface area (Å²) in [6.07, 6.45) is 1.36. The number of nitrogens with zero attached hydrogens (tertiary/aromatic N) is 4. The zero-order valence-electron chi connectivity index (χ0n) is 14.0. The van der Waals surface area contributed by atoms with E-state index in [1.807, 2.05) is 0 Å². The molecule has 0 amide bonds. The summed E-state index contributed by atoms with van der Waals surface area (Å²) in [5.74, 6) is -0.992. The largest absolute Gasteiger partial charge is 0.508 e. The van der Waals surface area contributed by atoms with Crippen molar-refractivity contribution in [2.75, 3.05) is 12.4 Å². The van der Waals surface area contributed by atoms with E-state index in [-0.39, 0.29) is 28.7 Å². The molecule has 4 rings (SSSR count). The Morgan fingerprint density at radius 2 is 2.04 bits per heavy atom. The number of nitrogens with one attached hydrogen (secondary N) is 1. The van der Waals surface area contributed by atoms with Crippen molar-refractivity contribution in [2.24, 2.45) is 0 Å². The molecule has 3 aromatic rings. The van der Waals surface area contributed by atoms with Gasteiger partial charge in [-0.05, 0) is 40.3 Å². The van der Waals surface area contributed by atoms with E-state index in [1.54, 1.807) is 18.2 Å². The Labute approximate surface area is 152 Å². The molecule has 2 N–H and O–H groups in total. The van der Waals surface area contributed by atoms with Gasteiger partial charge in [0.2, 0.25) is 11.7 Å². The van der Waals surface area contributed by atoms with Crippen molar-refractivity contribution in [1.29, 1.82) is 0 Å². The Bertz CT molecular complexity index is 1040. The van der Waals surface area contributed by atoms with Crippen LogP contribution < -0.4 is 5.32 Å². The fourth-order valence-corrected chi connectivity index (χ4v) is 2.89. The Morgan fingerprint density at radius 1 is 1.26 bits per heavy atom. The zero-order valence-corrected chi connectivity index (χ0v) is 14.0. The van der Waals surface area contributed by atoms with Crippen molar-refractivity contribution in [3.05, 3.63) is 65.3 Å². The highest BCUT2D eigenvalue weighted by molar-refractivity contribution is 6.13. The van der Waals surface area contributed by atoms with Crippen LogP contribution >= 0.6 is 0 Å². The lowest BCUT2D eigenvalue weighted by Gasteiger charge is -2.27. The van der Waals surface area contributed by atoms with Crippen LogP contribution in [-0.4, -0.2) is 44.2 Å². The maximum atomic E-state index is 13.1. The predicted molar refractivity (Wildman–Crippen MR) is 89.8 cm³/mol. The number of hydrogen-bond acceptors (Lipinski definition) is 9. The fraction of sp³-hybridized carbons (Fsp3) is 0.118. The molecule has 0 saturated heterocycles. The minimum atomic E-state index is -0.830. The molecule has 0 fully saturated rings. The highest BCUT2D eigenvalue weighted by Crippen LogP contribution is 2.37. The normalized spacial score (nSPS) is 15.8. The number of methoxy groups -OCH3 is 1. The molecule has 10 heteroatoms. The van der Waals surface area contributed by atoms with E-state index in [0.717, 1.165) is 0 Å². The number of phenols is 1. The molecule has 1 aliphatic heterocycles. The summed E-state index contributed by atoms with van der Waals surface area (Å²) in [6, 6.07) is 8.39. The second-order valence-electron chi connectivity index (χ2n) is 5.65. The minimum absolute atomic E-state index is 0.0495. The first kappa shape index (κ1) is 16.5. The van der Waals surface area contributed by atoms with Crippen LogP contribution in [0.25, 0.3) is 0 Å². The number of ketones is 1. The van der Waals surface area contributed by atoms with Gasteiger partial charge in [0, 0.05) is 0 Å². The number of ether oxygens (including phenoxy) is 1. The Balaban J connectivity index is 1.95. The predicted octanol–water partition coefficient (Wildman–Crippen LogP) is 1.30. The number of aromatic nitrogens is 4. The molecule has 0 unspecified atom stereocenters. The monoisotopic (exact) mass is 367 g/mol. The summed E-state index contributed by atoms with van der Waals surface area (Å²) in [6.45, 7) is 0. The number of furan rings is 1. The smallest absolute Gasteiger partial charge is 0.355 e. The lowest BCUT2D eigenvalue weighted by molar-refractivity contribution is -0.136. The second-order valence-corrected chi connectivity index (χ2v) is 5.65. The van der Waals surface area contributed by atoms with Gasteiger partial charge in [-0.3, -0.25) is 4.79 Å². The first-order chi connectivity index (χ1) is 13.1. The van der Waals surface area contributed by atoms with Gasteiger partial charge in [-0.25, -0.2) is 4.79 Å². The second kappa shape index (κ2) is 6.41. The lowest BCUT2D eigenvalue weighted by atomic mass is 9.91. The fourth-order valence-electron chi connectivity index (χ4n) is 2.89. The van der Waals surface area contributed by atoms with Gasteiger partial charge in [-0.1, -0.05) is 17.2 Å². The van der Waals surface area contributed by atoms with E-state index < -0.39 is 17.8 Å². The number of allylic oxidation sites excluding steroid dienone is 1. The van der Waals surface area contributed by atoms with Crippen molar-refractivity contribution < 1.29 is 23.8 Å². The number of anilines is 1. The third-order valence-electron chi connectivity index (χ3n) is 4.10. The van der Waals surface area contributed by atoms with Gasteiger partial charge in [0.15, 0.2) is 5.76 Å². The van der Waals surface area contributed by atoms with Crippen molar-refractivity contribution in [2.45, 2.75) is 6.04 Å². The highest BCUT2D eigenvalue weighted by Gasteiger charge is 2.39. The SMILES string of the molecule is COC(=O)C1=C(C(=O)c2ccco2)[C@H](c2ccc(O)cc2)n2nnnc2N1. The van der Waals surface area contributed by atoms with Crippen LogP contribution in [0.2, 0.25) is 0 Å². The van der Waals surface area contributed by atoms with Crippen molar-refractivity contribution >= 4 is 17.7 Å². The summed E-state index contributed by atoms with van der Waals surface area (Å²) in [5, 5.41) is 23.7. The number of esters is 1. The average Bonchev–Trinajstić information content (AvgIpc) is 3.37. The summed E-state index contributed by atoms with van der Waals surface area (Å²) in [4.78, 5) is 25.5. The molecular formula is C17H13N5O5. The molecule has 1 atom stereocenters. The van der Waals surface area contributed by atoms with E-state index >= 15 is 0 Å². The van der Waals surface area contributed by atoms with E-state index in [9.17, 15) is 14.7 Å². The maximum Gasteiger partial charge on any atom is 0.355 e. The lowest BCUT2D eigenvalue weighted by Crippen LogP contribution is -2.32. The Kier molecular flexibility index (Phi) is 3.92. The van der Waals surface area contributed by atoms with E-state index in [4.69, 9.17) is 9.15 Å². The molecule has 1 aromatic carbocycles. The minimum Gasteiger partial charge on any atom is -0.508 e. The highest BCUT2D eigenvalue weighted by atomic mass is 16.5. The summed E-state index contributed by atoms with van der Waals surface area (Å²) in [7, 11) is 1.21. The molecule has 0 bridgehead atoms. The van der Waals surface area contributed by atoms with Crippen LogP contribution in [0, 0.1) is 0 Å². The number of fused-ring (bicyclic) bond motifs is 1. The number of aromatic hydroxyl groups is 1. The van der Waals surface area contributed by atoms with Crippen molar-refractivity contribution in [3.63, 3.8) is 0 Å². The Hall–Kier alpha value is -3.95. The summed E-state index contributed by atoms with van der Waals surface area (Å²) in [5.41, 5.74) is 0.556. The number of tetrazole rings is 1. The molecule has 0 saturated carbocycles. The van der Waals surface area contributed by atoms with Gasteiger partial charge in [0.25, 0.3) is 0 Å². The topological polar surface area (TPSA) is 132 Å². The van der Waals surface area contributed by atoms with Crippen LogP contribution in [0.15, 0.2) is 58.3 Å². The third-order valence-corrected chi connectivity index (χ3v) is 4.10. The number of carbonyl (C=O) groups is 2. The standard InChI is InChI=1S/C17H13N5O5/c1-26-16(25)13-12(15(24)11-3-2-8-27-11)14(9-4-6-10(23)7-5-9)22-17(18-13)19-20-21-22/h2-8,14,23H,1H3,(H,18,19,21)/t14-/m0/s1. The number of carbonyl (C=O) groups excluding carboxylic acids is 2. The molecule has 136 valence electrons. The van der Waals surface area contributed by atoms with Crippen molar-refractivity contribution in [1.82, 2.24) is 20.2 Å². The maximum absolute atomic E-state index is 13.1. The zero-order chi connectivity index (χ0) is 19.0. The van der Waals surface area contributed by atoms with E-state index in [1.165, 1.54) is 36.3 Å². The number of phenolic OH excluding ortho intramolecular Hbond substituents is 1. The number of benzene rings is 1. The average molecular weight is 367 g/mol. The summed E-state index contributed by atoms with van der Waals surface area (Å²) < 4.78 is 11.4. The van der Waals surface area contributed by atoms with Gasteiger partial charge in [-0.2, -0.15) is 4.68 Å². The molecule has 10 nitrogen and oxygen atoms in total. The third kappa shape index (κ3) is 2.72. The first-order valence-electron chi connectivity index (χ1n) is 7.84. The van der Waals surface area contributed by atoms with Gasteiger partial charge in [0.1, 0.15) is 17.5 Å². The Morgan fingerprint density at radius 3 is 2.70 bits per heavy atom. The van der Waals surface area contributed by atoms with Crippen LogP contribution in [0.5, 0.6) is 5.75 Å². The van der Waals surface area contributed by atoms with Gasteiger partial charge in [-0.15, -0.1) is 0 Å². The first-order valence-corrected chi connectivity index (χ1v) is 7.84. The number of Topliss-reactive ketones (excluding diaryl/α,β-unsaturated/α-hetero) is 1. The summed E-state index contributed by atoms with van der Waals surface area (Å²) >= 11 is 0. The van der Waals surface area contributed by atoms with Crippen LogP contribution in [0.1, 0.15) is 22.2 Å². The quantitative estimate of drug-likeness (QED) is 0.517. The van der Waals surface area contributed by atoms with Crippen LogP contribution in [0.3, 0.4) is 0 Å². The molecule has 1 aliphatic rings. The van der Waals surface area contributed by atoms with Crippen molar-refractivity contribution in [3.8, 4) is 5.75 Å². The molecule has 2 aromatic heterocycles. The van der Waals surface area contributed by atoms with E-state index in [2.05, 4.69) is 20.8 Å². The van der Waals surface area contributed by atoms with Gasteiger partial charge in [0.05, 0.1) is 18.9 Å². The molecule has 0 aliphatic carbocycles. The molecular weight excluding hydrogens is 354 g/mol. The van der Waals surface area contributed by atoms with Crippen LogP contribution in [0.4, 0.5) is 5.95 Å². The van der Waals surface area contributed by atoms with Gasteiger partial charge >= 0.3 is 5.97 Å².